The van der Waals surface area contributed by atoms with Crippen LogP contribution in [0, 0.1) is 0 Å². The zero-order valence-corrected chi connectivity index (χ0v) is 17.8. The molecule has 8 heteroatoms. The van der Waals surface area contributed by atoms with Crippen LogP contribution in [0.15, 0.2) is 53.4 Å². The summed E-state index contributed by atoms with van der Waals surface area (Å²) in [4.78, 5) is 25.0. The van der Waals surface area contributed by atoms with Gasteiger partial charge in [0.25, 0.3) is 11.8 Å². The molecule has 156 valence electrons. The van der Waals surface area contributed by atoms with Gasteiger partial charge in [0.1, 0.15) is 0 Å². The van der Waals surface area contributed by atoms with Crippen molar-refractivity contribution in [3.8, 4) is 0 Å². The summed E-state index contributed by atoms with van der Waals surface area (Å²) in [5.74, 6) is -0.684. The lowest BCUT2D eigenvalue weighted by Gasteiger charge is -2.18. The highest BCUT2D eigenvalue weighted by molar-refractivity contribution is 7.89. The fraction of sp³-hybridized carbons (Fsp3) is 0.333. The highest BCUT2D eigenvalue weighted by Crippen LogP contribution is 2.19. The van der Waals surface area contributed by atoms with E-state index in [0.29, 0.717) is 36.4 Å². The van der Waals surface area contributed by atoms with Crippen molar-refractivity contribution in [2.45, 2.75) is 32.1 Å². The quantitative estimate of drug-likeness (QED) is 0.655. The number of carbonyl (C=O) groups excluding carboxylic acids is 2. The van der Waals surface area contributed by atoms with Gasteiger partial charge in [0.05, 0.1) is 16.1 Å². The Morgan fingerprint density at radius 1 is 0.897 bits per heavy atom. The van der Waals surface area contributed by atoms with Crippen LogP contribution < -0.4 is 10.6 Å². The van der Waals surface area contributed by atoms with Gasteiger partial charge in [0, 0.05) is 25.2 Å². The second-order valence-electron chi connectivity index (χ2n) is 6.37. The van der Waals surface area contributed by atoms with E-state index < -0.39 is 15.9 Å². The second-order valence-corrected chi connectivity index (χ2v) is 8.31. The van der Waals surface area contributed by atoms with Gasteiger partial charge in [-0.15, -0.1) is 0 Å². The predicted octanol–water partition coefficient (Wildman–Crippen LogP) is 3.11. The molecule has 2 amide bonds. The van der Waals surface area contributed by atoms with Crippen molar-refractivity contribution in [3.63, 3.8) is 0 Å². The highest BCUT2D eigenvalue weighted by atomic mass is 32.2. The fourth-order valence-corrected chi connectivity index (χ4v) is 4.27. The van der Waals surface area contributed by atoms with Crippen LogP contribution in [0.4, 0.5) is 5.69 Å². The number of nitrogens with one attached hydrogen (secondary N) is 2. The van der Waals surface area contributed by atoms with Crippen LogP contribution in [0.2, 0.25) is 0 Å². The highest BCUT2D eigenvalue weighted by Gasteiger charge is 2.22. The van der Waals surface area contributed by atoms with Crippen molar-refractivity contribution < 1.29 is 18.0 Å². The molecule has 0 radical (unpaired) electrons. The number of sulfonamides is 1. The first-order valence-corrected chi connectivity index (χ1v) is 11.1. The average Bonchev–Trinajstić information content (AvgIpc) is 2.73. The van der Waals surface area contributed by atoms with Crippen molar-refractivity contribution in [2.24, 2.45) is 0 Å². The monoisotopic (exact) mass is 417 g/mol. The van der Waals surface area contributed by atoms with Gasteiger partial charge >= 0.3 is 0 Å². The molecule has 29 heavy (non-hydrogen) atoms. The van der Waals surface area contributed by atoms with Crippen LogP contribution in [0.1, 0.15) is 47.9 Å². The Bertz CT molecular complexity index is 952. The average molecular weight is 418 g/mol. The first kappa shape index (κ1) is 22.6. The molecule has 0 heterocycles. The molecule has 0 aliphatic carbocycles. The number of hydrogen-bond donors (Lipinski definition) is 2. The molecule has 0 saturated heterocycles. The van der Waals surface area contributed by atoms with Crippen LogP contribution in [0.3, 0.4) is 0 Å². The lowest BCUT2D eigenvalue weighted by Crippen LogP contribution is -2.30. The van der Waals surface area contributed by atoms with Gasteiger partial charge in [-0.05, 0) is 42.8 Å². The minimum absolute atomic E-state index is 0.136. The first-order chi connectivity index (χ1) is 13.8. The van der Waals surface area contributed by atoms with Gasteiger partial charge in [-0.25, -0.2) is 8.42 Å². The standard InChI is InChI=1S/C21H27N3O4S/c1-4-15-22-21(26)18-9-7-8-10-19(18)23-20(25)16-11-13-17(14-12-16)29(27,28)24(5-2)6-3/h7-14H,4-6,15H2,1-3H3,(H,22,26)(H,23,25). The number of amides is 2. The Kier molecular flexibility index (Phi) is 7.92. The first-order valence-electron chi connectivity index (χ1n) is 9.63. The third-order valence-electron chi connectivity index (χ3n) is 4.42. The summed E-state index contributed by atoms with van der Waals surface area (Å²) in [6.07, 6.45) is 0.809. The zero-order valence-electron chi connectivity index (χ0n) is 16.9. The normalized spacial score (nSPS) is 11.3. The molecule has 0 spiro atoms. The van der Waals surface area contributed by atoms with Crippen LogP contribution in [0.25, 0.3) is 0 Å². The number of rotatable bonds is 9. The number of benzene rings is 2. The van der Waals surface area contributed by atoms with Crippen molar-refractivity contribution in [1.29, 1.82) is 0 Å². The molecule has 0 aliphatic rings. The maximum Gasteiger partial charge on any atom is 0.255 e. The summed E-state index contributed by atoms with van der Waals surface area (Å²) in [6.45, 7) is 6.80. The molecule has 2 aromatic rings. The van der Waals surface area contributed by atoms with Crippen molar-refractivity contribution in [2.75, 3.05) is 25.0 Å². The number of hydrogen-bond acceptors (Lipinski definition) is 4. The largest absolute Gasteiger partial charge is 0.352 e. The van der Waals surface area contributed by atoms with E-state index in [9.17, 15) is 18.0 Å². The molecule has 0 fully saturated rings. The molecule has 0 bridgehead atoms. The molecule has 0 aliphatic heterocycles. The van der Waals surface area contributed by atoms with E-state index in [4.69, 9.17) is 0 Å². The van der Waals surface area contributed by atoms with Gasteiger partial charge in [-0.2, -0.15) is 4.31 Å². The Morgan fingerprint density at radius 2 is 1.52 bits per heavy atom. The van der Waals surface area contributed by atoms with E-state index >= 15 is 0 Å². The lowest BCUT2D eigenvalue weighted by molar-refractivity contribution is 0.0954. The number of carbonyl (C=O) groups is 2. The van der Waals surface area contributed by atoms with Crippen molar-refractivity contribution in [1.82, 2.24) is 9.62 Å². The maximum atomic E-state index is 12.6. The fourth-order valence-electron chi connectivity index (χ4n) is 2.81. The third-order valence-corrected chi connectivity index (χ3v) is 6.48. The Labute approximate surface area is 172 Å². The summed E-state index contributed by atoms with van der Waals surface area (Å²) < 4.78 is 26.5. The van der Waals surface area contributed by atoms with Gasteiger partial charge in [-0.1, -0.05) is 32.9 Å². The second kappa shape index (κ2) is 10.2. The summed E-state index contributed by atoms with van der Waals surface area (Å²) >= 11 is 0. The summed E-state index contributed by atoms with van der Waals surface area (Å²) in [7, 11) is -3.58. The van der Waals surface area contributed by atoms with Gasteiger partial charge < -0.3 is 10.6 Å². The number of nitrogens with zero attached hydrogens (tertiary/aromatic N) is 1. The summed E-state index contributed by atoms with van der Waals surface area (Å²) in [5, 5.41) is 5.51. The molecule has 0 aromatic heterocycles. The van der Waals surface area contributed by atoms with Crippen molar-refractivity contribution >= 4 is 27.5 Å². The molecule has 0 atom stereocenters. The third kappa shape index (κ3) is 5.42. The van der Waals surface area contributed by atoms with E-state index in [1.54, 1.807) is 38.1 Å². The molecule has 0 saturated carbocycles. The summed E-state index contributed by atoms with van der Waals surface area (Å²) in [6, 6.07) is 12.5. The number of anilines is 1. The van der Waals surface area contributed by atoms with Crippen LogP contribution in [-0.4, -0.2) is 44.2 Å². The van der Waals surface area contributed by atoms with E-state index in [0.717, 1.165) is 6.42 Å². The lowest BCUT2D eigenvalue weighted by atomic mass is 10.1. The zero-order chi connectivity index (χ0) is 21.4. The molecular formula is C21H27N3O4S. The molecule has 2 rings (SSSR count). The Hall–Kier alpha value is -2.71. The van der Waals surface area contributed by atoms with Gasteiger partial charge in [0.2, 0.25) is 10.0 Å². The topological polar surface area (TPSA) is 95.6 Å². The predicted molar refractivity (Wildman–Crippen MR) is 114 cm³/mol. The molecule has 7 nitrogen and oxygen atoms in total. The minimum atomic E-state index is -3.58. The van der Waals surface area contributed by atoms with Crippen LogP contribution in [0.5, 0.6) is 0 Å². The van der Waals surface area contributed by atoms with E-state index in [-0.39, 0.29) is 10.8 Å². The van der Waals surface area contributed by atoms with Crippen LogP contribution >= 0.6 is 0 Å². The van der Waals surface area contributed by atoms with Gasteiger partial charge in [-0.3, -0.25) is 9.59 Å². The molecular weight excluding hydrogens is 390 g/mol. The van der Waals surface area contributed by atoms with E-state index in [1.807, 2.05) is 6.92 Å². The minimum Gasteiger partial charge on any atom is -0.352 e. The summed E-state index contributed by atoms with van der Waals surface area (Å²) in [5.41, 5.74) is 1.06. The SMILES string of the molecule is CCCNC(=O)c1ccccc1NC(=O)c1ccc(S(=O)(=O)N(CC)CC)cc1. The van der Waals surface area contributed by atoms with E-state index in [1.165, 1.54) is 28.6 Å². The van der Waals surface area contributed by atoms with Crippen molar-refractivity contribution in [3.05, 3.63) is 59.7 Å². The van der Waals surface area contributed by atoms with Gasteiger partial charge in [0.15, 0.2) is 0 Å². The van der Waals surface area contributed by atoms with Crippen LogP contribution in [-0.2, 0) is 10.0 Å². The number of para-hydroxylation sites is 1. The molecule has 0 unspecified atom stereocenters. The van der Waals surface area contributed by atoms with E-state index in [2.05, 4.69) is 10.6 Å². The molecule has 2 N–H and O–H groups in total. The Balaban J connectivity index is 2.20. The smallest absolute Gasteiger partial charge is 0.255 e. The maximum absolute atomic E-state index is 12.6. The Morgan fingerprint density at radius 3 is 2.10 bits per heavy atom. The molecule has 2 aromatic carbocycles.